The van der Waals surface area contributed by atoms with Gasteiger partial charge in [0.1, 0.15) is 5.69 Å². The largest absolute Gasteiger partial charge is 0.394 e. The van der Waals surface area contributed by atoms with Crippen LogP contribution in [-0.2, 0) is 0 Å². The third-order valence-corrected chi connectivity index (χ3v) is 3.59. The molecule has 0 aliphatic rings. The van der Waals surface area contributed by atoms with Crippen molar-refractivity contribution < 1.29 is 10.0 Å². The average molecular weight is 293 g/mol. The predicted octanol–water partition coefficient (Wildman–Crippen LogP) is 3.11. The molecule has 0 bridgehead atoms. The van der Waals surface area contributed by atoms with Gasteiger partial charge in [0, 0.05) is 13.1 Å². The minimum atomic E-state index is -0.651. The molecule has 0 heterocycles. The Bertz CT molecular complexity index is 478. The summed E-state index contributed by atoms with van der Waals surface area (Å²) in [7, 11) is 1.66. The van der Waals surface area contributed by atoms with E-state index in [1.807, 2.05) is 0 Å². The van der Waals surface area contributed by atoms with E-state index >= 15 is 0 Å². The number of hydrogen-bond acceptors (Lipinski definition) is 4. The number of rotatable bonds is 4. The highest BCUT2D eigenvalue weighted by molar-refractivity contribution is 6.42. The van der Waals surface area contributed by atoms with Crippen LogP contribution in [0.2, 0.25) is 10.0 Å². The second-order valence-electron chi connectivity index (χ2n) is 4.54. The molecular weight excluding hydrogens is 279 g/mol. The molecule has 0 atom stereocenters. The average Bonchev–Trinajstić information content (AvgIpc) is 2.30. The summed E-state index contributed by atoms with van der Waals surface area (Å²) in [6.07, 6.45) is 0. The molecule has 18 heavy (non-hydrogen) atoms. The zero-order valence-corrected chi connectivity index (χ0v) is 11.8. The molecule has 0 amide bonds. The molecule has 1 N–H and O–H groups in total. The van der Waals surface area contributed by atoms with Crippen LogP contribution in [0.3, 0.4) is 0 Å². The van der Waals surface area contributed by atoms with Gasteiger partial charge in [0.15, 0.2) is 0 Å². The summed E-state index contributed by atoms with van der Waals surface area (Å²) in [5.74, 6) is 0. The Labute approximate surface area is 115 Å². The zero-order chi connectivity index (χ0) is 14.1. The lowest BCUT2D eigenvalue weighted by Gasteiger charge is -2.35. The molecule has 0 saturated carbocycles. The van der Waals surface area contributed by atoms with Gasteiger partial charge < -0.3 is 10.0 Å². The van der Waals surface area contributed by atoms with Crippen LogP contribution in [0.15, 0.2) is 12.1 Å². The van der Waals surface area contributed by atoms with Crippen molar-refractivity contribution in [3.8, 4) is 0 Å². The third kappa shape index (κ3) is 2.85. The quantitative estimate of drug-likeness (QED) is 0.684. The van der Waals surface area contributed by atoms with E-state index in [-0.39, 0.29) is 22.3 Å². The van der Waals surface area contributed by atoms with Gasteiger partial charge in [0.25, 0.3) is 5.69 Å². The van der Waals surface area contributed by atoms with E-state index in [4.69, 9.17) is 23.2 Å². The van der Waals surface area contributed by atoms with E-state index in [2.05, 4.69) is 0 Å². The monoisotopic (exact) mass is 292 g/mol. The molecule has 1 aromatic rings. The van der Waals surface area contributed by atoms with Crippen molar-refractivity contribution in [3.05, 3.63) is 32.3 Å². The van der Waals surface area contributed by atoms with Crippen molar-refractivity contribution in [2.24, 2.45) is 0 Å². The molecule has 0 aromatic heterocycles. The van der Waals surface area contributed by atoms with Crippen molar-refractivity contribution in [1.29, 1.82) is 0 Å². The van der Waals surface area contributed by atoms with Crippen LogP contribution < -0.4 is 4.90 Å². The highest BCUT2D eigenvalue weighted by Gasteiger charge is 2.29. The Morgan fingerprint density at radius 1 is 1.39 bits per heavy atom. The summed E-state index contributed by atoms with van der Waals surface area (Å²) in [5.41, 5.74) is -0.482. The highest BCUT2D eigenvalue weighted by Crippen LogP contribution is 2.38. The fourth-order valence-corrected chi connectivity index (χ4v) is 1.69. The van der Waals surface area contributed by atoms with Gasteiger partial charge >= 0.3 is 0 Å². The molecule has 100 valence electrons. The number of nitro benzene ring substituents is 1. The van der Waals surface area contributed by atoms with Crippen molar-refractivity contribution in [2.75, 3.05) is 18.6 Å². The van der Waals surface area contributed by atoms with E-state index < -0.39 is 10.5 Å². The van der Waals surface area contributed by atoms with Gasteiger partial charge in [-0.25, -0.2) is 0 Å². The van der Waals surface area contributed by atoms with Crippen molar-refractivity contribution in [3.63, 3.8) is 0 Å². The van der Waals surface area contributed by atoms with Gasteiger partial charge in [-0.2, -0.15) is 0 Å². The second-order valence-corrected chi connectivity index (χ2v) is 5.36. The minimum absolute atomic E-state index is 0.127. The Kier molecular flexibility index (Phi) is 4.42. The summed E-state index contributed by atoms with van der Waals surface area (Å²) in [5, 5.41) is 20.7. The topological polar surface area (TPSA) is 66.6 Å². The number of aliphatic hydroxyl groups is 1. The predicted molar refractivity (Wildman–Crippen MR) is 72.7 cm³/mol. The van der Waals surface area contributed by atoms with Crippen molar-refractivity contribution in [2.45, 2.75) is 19.4 Å². The van der Waals surface area contributed by atoms with E-state index in [1.165, 1.54) is 12.1 Å². The minimum Gasteiger partial charge on any atom is -0.394 e. The summed E-state index contributed by atoms with van der Waals surface area (Å²) in [4.78, 5) is 12.1. The first-order valence-corrected chi connectivity index (χ1v) is 5.94. The molecular formula is C11H14Cl2N2O3. The smallest absolute Gasteiger partial charge is 0.294 e. The van der Waals surface area contributed by atoms with Crippen LogP contribution in [0.5, 0.6) is 0 Å². The van der Waals surface area contributed by atoms with E-state index in [0.29, 0.717) is 5.69 Å². The van der Waals surface area contributed by atoms with Gasteiger partial charge in [0.2, 0.25) is 0 Å². The summed E-state index contributed by atoms with van der Waals surface area (Å²) in [6.45, 7) is 3.37. The highest BCUT2D eigenvalue weighted by atomic mass is 35.5. The molecule has 7 heteroatoms. The summed E-state index contributed by atoms with van der Waals surface area (Å²) < 4.78 is 0. The SMILES string of the molecule is CN(c1cc(Cl)c(Cl)cc1[N+](=O)[O-])C(C)(C)CO. The molecule has 0 radical (unpaired) electrons. The van der Waals surface area contributed by atoms with Crippen LogP contribution in [0.4, 0.5) is 11.4 Å². The molecule has 5 nitrogen and oxygen atoms in total. The third-order valence-electron chi connectivity index (χ3n) is 2.87. The van der Waals surface area contributed by atoms with Crippen molar-refractivity contribution >= 4 is 34.6 Å². The fraction of sp³-hybridized carbons (Fsp3) is 0.455. The lowest BCUT2D eigenvalue weighted by molar-refractivity contribution is -0.384. The Hall–Kier alpha value is -1.04. The number of hydrogen-bond donors (Lipinski definition) is 1. The Morgan fingerprint density at radius 3 is 2.33 bits per heavy atom. The lowest BCUT2D eigenvalue weighted by Crippen LogP contribution is -2.44. The normalized spacial score (nSPS) is 11.4. The lowest BCUT2D eigenvalue weighted by atomic mass is 10.0. The molecule has 1 rings (SSSR count). The second kappa shape index (κ2) is 5.30. The maximum atomic E-state index is 11.0. The molecule has 0 saturated heterocycles. The molecule has 0 aliphatic carbocycles. The number of nitro groups is 1. The number of benzene rings is 1. The maximum Gasteiger partial charge on any atom is 0.294 e. The van der Waals surface area contributed by atoms with Gasteiger partial charge in [-0.1, -0.05) is 23.2 Å². The van der Waals surface area contributed by atoms with E-state index in [0.717, 1.165) is 0 Å². The first-order chi connectivity index (χ1) is 8.20. The molecule has 0 fully saturated rings. The molecule has 1 aromatic carbocycles. The maximum absolute atomic E-state index is 11.0. The Morgan fingerprint density at radius 2 is 1.89 bits per heavy atom. The van der Waals surface area contributed by atoms with E-state index in [1.54, 1.807) is 25.8 Å². The zero-order valence-electron chi connectivity index (χ0n) is 10.3. The molecule has 0 aliphatic heterocycles. The van der Waals surface area contributed by atoms with Gasteiger partial charge in [-0.15, -0.1) is 0 Å². The first kappa shape index (κ1) is 15.0. The molecule has 0 spiro atoms. The van der Waals surface area contributed by atoms with Crippen LogP contribution in [0.1, 0.15) is 13.8 Å². The summed E-state index contributed by atoms with van der Waals surface area (Å²) >= 11 is 11.7. The number of halogens is 2. The standard InChI is InChI=1S/C11H14Cl2N2O3/c1-11(2,6-16)14(3)9-4-7(12)8(13)5-10(9)15(17)18/h4-5,16H,6H2,1-3H3. The summed E-state index contributed by atoms with van der Waals surface area (Å²) in [6, 6.07) is 2.64. The van der Waals surface area contributed by atoms with Gasteiger partial charge in [-0.3, -0.25) is 10.1 Å². The Balaban J connectivity index is 3.39. The van der Waals surface area contributed by atoms with Crippen LogP contribution in [0.25, 0.3) is 0 Å². The first-order valence-electron chi connectivity index (χ1n) is 5.19. The number of anilines is 1. The van der Waals surface area contributed by atoms with Crippen LogP contribution in [-0.4, -0.2) is 29.2 Å². The van der Waals surface area contributed by atoms with Gasteiger partial charge in [0.05, 0.1) is 27.1 Å². The molecule has 0 unspecified atom stereocenters. The number of aliphatic hydroxyl groups excluding tert-OH is 1. The van der Waals surface area contributed by atoms with Gasteiger partial charge in [-0.05, 0) is 19.9 Å². The van der Waals surface area contributed by atoms with E-state index in [9.17, 15) is 15.2 Å². The number of likely N-dealkylation sites (N-methyl/N-ethyl adjacent to an activating group) is 1. The van der Waals surface area contributed by atoms with Crippen LogP contribution >= 0.6 is 23.2 Å². The number of nitrogens with zero attached hydrogens (tertiary/aromatic N) is 2. The fourth-order valence-electron chi connectivity index (χ4n) is 1.37. The van der Waals surface area contributed by atoms with Crippen LogP contribution in [0, 0.1) is 10.1 Å². The van der Waals surface area contributed by atoms with Crippen molar-refractivity contribution in [1.82, 2.24) is 0 Å².